The van der Waals surface area contributed by atoms with Crippen molar-refractivity contribution < 1.29 is 14.1 Å². The molecule has 2 aromatic heterocycles. The highest BCUT2D eigenvalue weighted by atomic mass is 32.1. The van der Waals surface area contributed by atoms with Crippen LogP contribution < -0.4 is 5.32 Å². The van der Waals surface area contributed by atoms with Crippen LogP contribution in [-0.4, -0.2) is 29.3 Å². The van der Waals surface area contributed by atoms with E-state index in [-0.39, 0.29) is 5.97 Å². The molecular weight excluding hydrogens is 278 g/mol. The van der Waals surface area contributed by atoms with Crippen LogP contribution in [0.15, 0.2) is 21.3 Å². The van der Waals surface area contributed by atoms with E-state index in [0.29, 0.717) is 37.8 Å². The summed E-state index contributed by atoms with van der Waals surface area (Å²) in [5.41, 5.74) is 0.965. The number of hydrogen-bond donors (Lipinski definition) is 1. The number of carbonyl (C=O) groups excluding carboxylic acids is 1. The van der Waals surface area contributed by atoms with Crippen LogP contribution in [0.25, 0.3) is 11.4 Å². The van der Waals surface area contributed by atoms with Crippen LogP contribution in [0.2, 0.25) is 0 Å². The van der Waals surface area contributed by atoms with Crippen LogP contribution in [0.1, 0.15) is 25.7 Å². The van der Waals surface area contributed by atoms with Crippen LogP contribution in [0, 0.1) is 0 Å². The van der Waals surface area contributed by atoms with Crippen LogP contribution in [0.3, 0.4) is 0 Å². The Morgan fingerprint density at radius 3 is 3.20 bits per heavy atom. The molecule has 0 atom stereocenters. The molecule has 0 aliphatic heterocycles. The van der Waals surface area contributed by atoms with Gasteiger partial charge in [0, 0.05) is 17.4 Å². The van der Waals surface area contributed by atoms with E-state index < -0.39 is 0 Å². The van der Waals surface area contributed by atoms with E-state index in [9.17, 15) is 4.79 Å². The maximum atomic E-state index is 11.1. The first kappa shape index (κ1) is 14.7. The SMILES string of the molecule is CCOC(=O)CCCNCc1nc(-c2ccsc2)no1. The third-order valence-corrected chi connectivity index (χ3v) is 3.25. The van der Waals surface area contributed by atoms with Gasteiger partial charge >= 0.3 is 5.97 Å². The molecule has 2 rings (SSSR count). The number of thiophene rings is 1. The summed E-state index contributed by atoms with van der Waals surface area (Å²) in [5, 5.41) is 11.0. The standard InChI is InChI=1S/C13H17N3O3S/c1-2-18-12(17)4-3-6-14-8-11-15-13(16-19-11)10-5-7-20-9-10/h5,7,9,14H,2-4,6,8H2,1H3. The van der Waals surface area contributed by atoms with Crippen molar-refractivity contribution in [2.45, 2.75) is 26.3 Å². The molecule has 1 N–H and O–H groups in total. The van der Waals surface area contributed by atoms with Crippen LogP contribution in [0.4, 0.5) is 0 Å². The molecule has 0 aliphatic rings. The normalized spacial score (nSPS) is 10.7. The molecule has 6 nitrogen and oxygen atoms in total. The summed E-state index contributed by atoms with van der Waals surface area (Å²) in [4.78, 5) is 15.4. The lowest BCUT2D eigenvalue weighted by Crippen LogP contribution is -2.16. The Balaban J connectivity index is 1.66. The molecule has 2 heterocycles. The topological polar surface area (TPSA) is 77.2 Å². The molecule has 0 aliphatic carbocycles. The maximum Gasteiger partial charge on any atom is 0.305 e. The van der Waals surface area contributed by atoms with Gasteiger partial charge in [-0.3, -0.25) is 4.79 Å². The molecule has 108 valence electrons. The van der Waals surface area contributed by atoms with Gasteiger partial charge in [0.1, 0.15) is 0 Å². The molecule has 0 aromatic carbocycles. The van der Waals surface area contributed by atoms with Gasteiger partial charge in [-0.05, 0) is 31.3 Å². The van der Waals surface area contributed by atoms with Gasteiger partial charge in [-0.15, -0.1) is 0 Å². The number of ether oxygens (including phenoxy) is 1. The van der Waals surface area contributed by atoms with Crippen molar-refractivity contribution in [2.24, 2.45) is 0 Å². The number of esters is 1. The third-order valence-electron chi connectivity index (χ3n) is 2.56. The zero-order valence-electron chi connectivity index (χ0n) is 11.3. The van der Waals surface area contributed by atoms with E-state index in [1.54, 1.807) is 18.3 Å². The molecule has 20 heavy (non-hydrogen) atoms. The van der Waals surface area contributed by atoms with Gasteiger partial charge in [-0.25, -0.2) is 0 Å². The van der Waals surface area contributed by atoms with Crippen molar-refractivity contribution in [1.82, 2.24) is 15.5 Å². The average Bonchev–Trinajstić information content (AvgIpc) is 3.09. The number of aromatic nitrogens is 2. The summed E-state index contributed by atoms with van der Waals surface area (Å²) in [6, 6.07) is 1.95. The van der Waals surface area contributed by atoms with Crippen molar-refractivity contribution in [2.75, 3.05) is 13.2 Å². The van der Waals surface area contributed by atoms with Crippen LogP contribution >= 0.6 is 11.3 Å². The molecule has 0 fully saturated rings. The highest BCUT2D eigenvalue weighted by molar-refractivity contribution is 7.08. The van der Waals surface area contributed by atoms with Crippen molar-refractivity contribution in [3.63, 3.8) is 0 Å². The quantitative estimate of drug-likeness (QED) is 0.594. The lowest BCUT2D eigenvalue weighted by atomic mass is 10.3. The second kappa shape index (κ2) is 7.76. The Morgan fingerprint density at radius 2 is 2.45 bits per heavy atom. The van der Waals surface area contributed by atoms with E-state index in [4.69, 9.17) is 9.26 Å². The number of nitrogens with zero attached hydrogens (tertiary/aromatic N) is 2. The molecule has 0 radical (unpaired) electrons. The molecule has 0 amide bonds. The predicted octanol–water partition coefficient (Wildman–Crippen LogP) is 2.23. The zero-order valence-corrected chi connectivity index (χ0v) is 12.1. The summed E-state index contributed by atoms with van der Waals surface area (Å²) in [5.74, 6) is 0.990. The Kier molecular flexibility index (Phi) is 5.69. The van der Waals surface area contributed by atoms with Gasteiger partial charge in [0.15, 0.2) is 0 Å². The summed E-state index contributed by atoms with van der Waals surface area (Å²) < 4.78 is 9.99. The van der Waals surface area contributed by atoms with Gasteiger partial charge in [-0.1, -0.05) is 5.16 Å². The Hall–Kier alpha value is -1.73. The van der Waals surface area contributed by atoms with Crippen molar-refractivity contribution in [1.29, 1.82) is 0 Å². The minimum absolute atomic E-state index is 0.160. The first-order valence-corrected chi connectivity index (χ1v) is 7.45. The fourth-order valence-corrected chi connectivity index (χ4v) is 2.26. The third kappa shape index (κ3) is 4.43. The van der Waals surface area contributed by atoms with Gasteiger partial charge < -0.3 is 14.6 Å². The maximum absolute atomic E-state index is 11.1. The first-order chi connectivity index (χ1) is 9.79. The Bertz CT molecular complexity index is 525. The van der Waals surface area contributed by atoms with E-state index >= 15 is 0 Å². The Morgan fingerprint density at radius 1 is 1.55 bits per heavy atom. The smallest absolute Gasteiger partial charge is 0.305 e. The summed E-state index contributed by atoms with van der Waals surface area (Å²) >= 11 is 1.59. The first-order valence-electron chi connectivity index (χ1n) is 6.51. The minimum atomic E-state index is -0.160. The van der Waals surface area contributed by atoms with Gasteiger partial charge in [0.2, 0.25) is 11.7 Å². The monoisotopic (exact) mass is 295 g/mol. The Labute approximate surface area is 121 Å². The molecule has 0 bridgehead atoms. The largest absolute Gasteiger partial charge is 0.466 e. The second-order valence-corrected chi connectivity index (χ2v) is 4.89. The molecule has 0 spiro atoms. The van der Waals surface area contributed by atoms with Crippen molar-refractivity contribution in [3.8, 4) is 11.4 Å². The van der Waals surface area contributed by atoms with E-state index in [1.807, 2.05) is 16.8 Å². The number of carbonyl (C=O) groups is 1. The van der Waals surface area contributed by atoms with E-state index in [1.165, 1.54) is 0 Å². The van der Waals surface area contributed by atoms with Gasteiger partial charge in [0.05, 0.1) is 13.2 Å². The lowest BCUT2D eigenvalue weighted by Gasteiger charge is -2.02. The zero-order chi connectivity index (χ0) is 14.2. The molecule has 0 saturated carbocycles. The highest BCUT2D eigenvalue weighted by Crippen LogP contribution is 2.18. The highest BCUT2D eigenvalue weighted by Gasteiger charge is 2.08. The number of rotatable bonds is 8. The summed E-state index contributed by atoms with van der Waals surface area (Å²) in [6.07, 6.45) is 1.15. The molecular formula is C13H17N3O3S. The average molecular weight is 295 g/mol. The molecule has 2 aromatic rings. The number of nitrogens with one attached hydrogen (secondary N) is 1. The van der Waals surface area contributed by atoms with Crippen molar-refractivity contribution in [3.05, 3.63) is 22.7 Å². The van der Waals surface area contributed by atoms with E-state index in [0.717, 1.165) is 12.0 Å². The minimum Gasteiger partial charge on any atom is -0.466 e. The van der Waals surface area contributed by atoms with Crippen molar-refractivity contribution >= 4 is 17.3 Å². The lowest BCUT2D eigenvalue weighted by molar-refractivity contribution is -0.143. The second-order valence-electron chi connectivity index (χ2n) is 4.11. The molecule has 0 saturated heterocycles. The van der Waals surface area contributed by atoms with Crippen LogP contribution in [-0.2, 0) is 16.1 Å². The molecule has 0 unspecified atom stereocenters. The fourth-order valence-electron chi connectivity index (χ4n) is 1.62. The van der Waals surface area contributed by atoms with Gasteiger partial charge in [-0.2, -0.15) is 16.3 Å². The fraction of sp³-hybridized carbons (Fsp3) is 0.462. The van der Waals surface area contributed by atoms with E-state index in [2.05, 4.69) is 15.5 Å². The van der Waals surface area contributed by atoms with Crippen LogP contribution in [0.5, 0.6) is 0 Å². The van der Waals surface area contributed by atoms with Gasteiger partial charge in [0.25, 0.3) is 0 Å². The predicted molar refractivity (Wildman–Crippen MR) is 75.2 cm³/mol. The number of hydrogen-bond acceptors (Lipinski definition) is 7. The summed E-state index contributed by atoms with van der Waals surface area (Å²) in [6.45, 7) is 3.44. The summed E-state index contributed by atoms with van der Waals surface area (Å²) in [7, 11) is 0. The molecule has 7 heteroatoms.